The number of halogens is 2. The number of benzene rings is 1. The maximum absolute atomic E-state index is 14.1. The van der Waals surface area contributed by atoms with Crippen molar-refractivity contribution in [2.24, 2.45) is 0 Å². The molecule has 0 radical (unpaired) electrons. The number of nitrogens with zero attached hydrogens (tertiary/aromatic N) is 2. The minimum Gasteiger partial charge on any atom is -0.308 e. The lowest BCUT2D eigenvalue weighted by atomic mass is 10.1. The second-order valence-corrected chi connectivity index (χ2v) is 6.46. The summed E-state index contributed by atoms with van der Waals surface area (Å²) in [6, 6.07) is 4.67. The fraction of sp³-hybridized carbons (Fsp3) is 0.438. The molecule has 0 aliphatic carbocycles. The van der Waals surface area contributed by atoms with Crippen LogP contribution in [0.4, 0.5) is 4.39 Å². The summed E-state index contributed by atoms with van der Waals surface area (Å²) in [5.41, 5.74) is 2.37. The van der Waals surface area contributed by atoms with Gasteiger partial charge in [-0.3, -0.25) is 0 Å². The molecule has 0 bridgehead atoms. The third kappa shape index (κ3) is 3.63. The number of hydrogen-bond donors (Lipinski definition) is 1. The van der Waals surface area contributed by atoms with E-state index in [1.54, 1.807) is 23.0 Å². The number of aromatic nitrogens is 2. The predicted octanol–water partition coefficient (Wildman–Crippen LogP) is 4.12. The first kappa shape index (κ1) is 16.0. The van der Waals surface area contributed by atoms with E-state index in [9.17, 15) is 4.39 Å². The third-order valence-electron chi connectivity index (χ3n) is 3.25. The van der Waals surface area contributed by atoms with E-state index in [2.05, 4.69) is 31.2 Å². The van der Waals surface area contributed by atoms with Gasteiger partial charge in [-0.1, -0.05) is 24.6 Å². The van der Waals surface area contributed by atoms with Crippen molar-refractivity contribution in [2.75, 3.05) is 0 Å². The molecule has 0 aliphatic heterocycles. The topological polar surface area (TPSA) is 29.9 Å². The molecule has 0 aliphatic rings. The van der Waals surface area contributed by atoms with Gasteiger partial charge < -0.3 is 5.32 Å². The molecule has 1 heterocycles. The third-order valence-corrected chi connectivity index (χ3v) is 3.55. The number of rotatable bonds is 4. The molecular formula is C16H21ClFN3. The number of hydrogen-bond acceptors (Lipinski definition) is 2. The molecule has 114 valence electrons. The summed E-state index contributed by atoms with van der Waals surface area (Å²) in [6.07, 6.45) is 2.53. The van der Waals surface area contributed by atoms with Gasteiger partial charge in [0.25, 0.3) is 0 Å². The molecule has 0 saturated heterocycles. The summed E-state index contributed by atoms with van der Waals surface area (Å²) < 4.78 is 15.7. The van der Waals surface area contributed by atoms with Crippen molar-refractivity contribution in [3.05, 3.63) is 46.5 Å². The van der Waals surface area contributed by atoms with Crippen LogP contribution in [0, 0.1) is 5.82 Å². The summed E-state index contributed by atoms with van der Waals surface area (Å²) >= 11 is 6.14. The highest BCUT2D eigenvalue weighted by atomic mass is 35.5. The average Bonchev–Trinajstić information content (AvgIpc) is 2.78. The van der Waals surface area contributed by atoms with Gasteiger partial charge in [-0.15, -0.1) is 0 Å². The zero-order valence-electron chi connectivity index (χ0n) is 12.9. The van der Waals surface area contributed by atoms with Crippen molar-refractivity contribution in [2.45, 2.75) is 46.2 Å². The van der Waals surface area contributed by atoms with Gasteiger partial charge in [0.15, 0.2) is 0 Å². The predicted molar refractivity (Wildman–Crippen MR) is 84.5 cm³/mol. The molecule has 0 atom stereocenters. The molecule has 0 unspecified atom stereocenters. The fourth-order valence-corrected chi connectivity index (χ4v) is 2.42. The van der Waals surface area contributed by atoms with Crippen LogP contribution in [0.1, 0.15) is 39.0 Å². The highest BCUT2D eigenvalue weighted by Crippen LogP contribution is 2.25. The molecule has 1 N–H and O–H groups in total. The molecule has 0 spiro atoms. The second-order valence-electron chi connectivity index (χ2n) is 6.06. The Balaban J connectivity index is 2.40. The molecule has 0 fully saturated rings. The lowest BCUT2D eigenvalue weighted by molar-refractivity contribution is 0.423. The van der Waals surface area contributed by atoms with Crippen molar-refractivity contribution < 1.29 is 4.39 Å². The van der Waals surface area contributed by atoms with Crippen LogP contribution >= 0.6 is 11.6 Å². The molecule has 0 saturated carbocycles. The van der Waals surface area contributed by atoms with Crippen molar-refractivity contribution in [1.29, 1.82) is 0 Å². The Labute approximate surface area is 130 Å². The summed E-state index contributed by atoms with van der Waals surface area (Å²) in [7, 11) is 0. The Kier molecular flexibility index (Phi) is 4.69. The maximum atomic E-state index is 14.1. The Morgan fingerprint density at radius 3 is 2.62 bits per heavy atom. The van der Waals surface area contributed by atoms with E-state index in [4.69, 9.17) is 11.6 Å². The van der Waals surface area contributed by atoms with Crippen molar-refractivity contribution in [1.82, 2.24) is 15.1 Å². The quantitative estimate of drug-likeness (QED) is 0.921. The van der Waals surface area contributed by atoms with E-state index in [0.29, 0.717) is 17.3 Å². The van der Waals surface area contributed by atoms with Crippen molar-refractivity contribution in [3.8, 4) is 5.69 Å². The van der Waals surface area contributed by atoms with E-state index in [0.717, 1.165) is 17.7 Å². The smallest absolute Gasteiger partial charge is 0.150 e. The van der Waals surface area contributed by atoms with Gasteiger partial charge in [0.05, 0.1) is 11.2 Å². The maximum Gasteiger partial charge on any atom is 0.150 e. The highest BCUT2D eigenvalue weighted by Gasteiger charge is 2.17. The molecular weight excluding hydrogens is 289 g/mol. The van der Waals surface area contributed by atoms with E-state index >= 15 is 0 Å². The second kappa shape index (κ2) is 6.16. The normalized spacial score (nSPS) is 11.9. The van der Waals surface area contributed by atoms with Gasteiger partial charge in [0.1, 0.15) is 11.5 Å². The molecule has 2 rings (SSSR count). The zero-order chi connectivity index (χ0) is 15.6. The van der Waals surface area contributed by atoms with Crippen LogP contribution in [0.15, 0.2) is 24.4 Å². The zero-order valence-corrected chi connectivity index (χ0v) is 13.6. The van der Waals surface area contributed by atoms with E-state index in [1.807, 2.05) is 6.92 Å². The lowest BCUT2D eigenvalue weighted by Gasteiger charge is -2.20. The van der Waals surface area contributed by atoms with E-state index in [-0.39, 0.29) is 11.4 Å². The summed E-state index contributed by atoms with van der Waals surface area (Å²) in [4.78, 5) is 0. The van der Waals surface area contributed by atoms with Gasteiger partial charge >= 0.3 is 0 Å². The molecule has 1 aromatic heterocycles. The molecule has 1 aromatic carbocycles. The number of nitrogens with one attached hydrogen (secondary N) is 1. The van der Waals surface area contributed by atoms with E-state index < -0.39 is 0 Å². The van der Waals surface area contributed by atoms with Crippen molar-refractivity contribution in [3.63, 3.8) is 0 Å². The van der Waals surface area contributed by atoms with Crippen LogP contribution in [-0.2, 0) is 13.0 Å². The summed E-state index contributed by atoms with van der Waals surface area (Å²) in [5, 5.41) is 8.12. The lowest BCUT2D eigenvalue weighted by Crippen LogP contribution is -2.35. The Morgan fingerprint density at radius 1 is 1.33 bits per heavy atom. The van der Waals surface area contributed by atoms with Crippen LogP contribution in [0.3, 0.4) is 0 Å². The minimum atomic E-state index is -0.365. The van der Waals surface area contributed by atoms with Gasteiger partial charge in [-0.05, 0) is 39.3 Å². The molecule has 3 nitrogen and oxygen atoms in total. The van der Waals surface area contributed by atoms with Crippen LogP contribution in [0.25, 0.3) is 5.69 Å². The van der Waals surface area contributed by atoms with Crippen LogP contribution in [0.5, 0.6) is 0 Å². The van der Waals surface area contributed by atoms with Crippen LogP contribution in [0.2, 0.25) is 5.02 Å². The summed E-state index contributed by atoms with van der Waals surface area (Å²) in [5.74, 6) is -0.365. The number of para-hydroxylation sites is 1. The van der Waals surface area contributed by atoms with Crippen LogP contribution in [-0.4, -0.2) is 15.3 Å². The SMILES string of the molecule is CCc1c(CNC(C)(C)C)cnn1-c1c(F)cccc1Cl. The fourth-order valence-electron chi connectivity index (χ4n) is 2.18. The van der Waals surface area contributed by atoms with Gasteiger partial charge in [0, 0.05) is 23.3 Å². The Bertz CT molecular complexity index is 609. The monoisotopic (exact) mass is 309 g/mol. The largest absolute Gasteiger partial charge is 0.308 e. The standard InChI is InChI=1S/C16H21ClFN3/c1-5-14-11(9-19-16(2,3)4)10-20-21(14)15-12(17)7-6-8-13(15)18/h6-8,10,19H,5,9H2,1-4H3. The first-order chi connectivity index (χ1) is 9.83. The van der Waals surface area contributed by atoms with Gasteiger partial charge in [-0.25, -0.2) is 9.07 Å². The Morgan fingerprint density at radius 2 is 2.05 bits per heavy atom. The van der Waals surface area contributed by atoms with E-state index in [1.165, 1.54) is 6.07 Å². The first-order valence-electron chi connectivity index (χ1n) is 7.08. The molecule has 5 heteroatoms. The van der Waals surface area contributed by atoms with Crippen molar-refractivity contribution >= 4 is 11.6 Å². The Hall–Kier alpha value is -1.39. The minimum absolute atomic E-state index is 0.0166. The molecule has 21 heavy (non-hydrogen) atoms. The molecule has 2 aromatic rings. The van der Waals surface area contributed by atoms with Gasteiger partial charge in [0.2, 0.25) is 0 Å². The summed E-state index contributed by atoms with van der Waals surface area (Å²) in [6.45, 7) is 9.05. The van der Waals surface area contributed by atoms with Gasteiger partial charge in [-0.2, -0.15) is 5.10 Å². The first-order valence-corrected chi connectivity index (χ1v) is 7.46. The molecule has 0 amide bonds. The van der Waals surface area contributed by atoms with Crippen LogP contribution < -0.4 is 5.32 Å². The highest BCUT2D eigenvalue weighted by molar-refractivity contribution is 6.32. The average molecular weight is 310 g/mol.